The summed E-state index contributed by atoms with van der Waals surface area (Å²) in [6, 6.07) is 8.94. The van der Waals surface area contributed by atoms with Crippen LogP contribution in [-0.4, -0.2) is 22.8 Å². The Morgan fingerprint density at radius 1 is 1.32 bits per heavy atom. The molecule has 0 spiro atoms. The number of amides is 2. The van der Waals surface area contributed by atoms with Crippen LogP contribution in [0.4, 0.5) is 0 Å². The second kappa shape index (κ2) is 7.67. The van der Waals surface area contributed by atoms with E-state index < -0.39 is 6.04 Å². The van der Waals surface area contributed by atoms with Crippen molar-refractivity contribution in [3.63, 3.8) is 0 Å². The second-order valence-corrected chi connectivity index (χ2v) is 5.67. The molecule has 1 aromatic heterocycles. The number of carbonyl (C=O) groups excluding carboxylic acids is 2. The van der Waals surface area contributed by atoms with Crippen LogP contribution >= 0.6 is 11.3 Å². The molecule has 0 fully saturated rings. The number of hydrogen-bond donors (Lipinski definition) is 3. The van der Waals surface area contributed by atoms with Crippen LogP contribution in [0.2, 0.25) is 0 Å². The van der Waals surface area contributed by atoms with Crippen LogP contribution in [-0.2, 0) is 17.9 Å². The third-order valence-electron chi connectivity index (χ3n) is 3.01. The molecule has 116 valence electrons. The molecule has 0 radical (unpaired) electrons. The molecule has 2 rings (SSSR count). The molecule has 1 heterocycles. The summed E-state index contributed by atoms with van der Waals surface area (Å²) in [5, 5.41) is 7.72. The molecule has 2 aromatic rings. The number of nitrogens with zero attached hydrogens (tertiary/aromatic N) is 1. The molecule has 22 heavy (non-hydrogen) atoms. The zero-order valence-electron chi connectivity index (χ0n) is 12.2. The average Bonchev–Trinajstić information content (AvgIpc) is 3.02. The molecule has 0 bridgehead atoms. The fraction of sp³-hybridized carbons (Fsp3) is 0.267. The average molecular weight is 318 g/mol. The highest BCUT2D eigenvalue weighted by molar-refractivity contribution is 7.09. The fourth-order valence-corrected chi connectivity index (χ4v) is 2.44. The topological polar surface area (TPSA) is 97.1 Å². The van der Waals surface area contributed by atoms with Crippen LogP contribution < -0.4 is 16.4 Å². The van der Waals surface area contributed by atoms with E-state index in [1.54, 1.807) is 12.3 Å². The first-order valence-corrected chi connectivity index (χ1v) is 7.75. The SMILES string of the molecule is CC(NC(=O)c1csc(CN)n1)C(=O)NCc1ccccc1. The molecule has 7 heteroatoms. The van der Waals surface area contributed by atoms with Crippen LogP contribution in [0.15, 0.2) is 35.7 Å². The van der Waals surface area contributed by atoms with Gasteiger partial charge in [0.05, 0.1) is 0 Å². The third-order valence-corrected chi connectivity index (χ3v) is 3.88. The standard InChI is InChI=1S/C15H18N4O2S/c1-10(14(20)17-8-11-5-3-2-4-6-11)18-15(21)12-9-22-13(7-16)19-12/h2-6,9-10H,7-8,16H2,1H3,(H,17,20)(H,18,21). The van der Waals surface area contributed by atoms with Crippen molar-refractivity contribution in [2.24, 2.45) is 5.73 Å². The summed E-state index contributed by atoms with van der Waals surface area (Å²) in [5.74, 6) is -0.621. The first-order valence-electron chi connectivity index (χ1n) is 6.87. The van der Waals surface area contributed by atoms with E-state index in [2.05, 4.69) is 15.6 Å². The van der Waals surface area contributed by atoms with Gasteiger partial charge < -0.3 is 16.4 Å². The van der Waals surface area contributed by atoms with Gasteiger partial charge in [-0.3, -0.25) is 9.59 Å². The van der Waals surface area contributed by atoms with Gasteiger partial charge in [-0.05, 0) is 12.5 Å². The number of hydrogen-bond acceptors (Lipinski definition) is 5. The van der Waals surface area contributed by atoms with Crippen molar-refractivity contribution in [1.29, 1.82) is 0 Å². The quantitative estimate of drug-likeness (QED) is 0.741. The maximum Gasteiger partial charge on any atom is 0.271 e. The van der Waals surface area contributed by atoms with Gasteiger partial charge in [-0.15, -0.1) is 11.3 Å². The lowest BCUT2D eigenvalue weighted by Crippen LogP contribution is -2.44. The first-order chi connectivity index (χ1) is 10.6. The molecule has 6 nitrogen and oxygen atoms in total. The predicted molar refractivity (Wildman–Crippen MR) is 85.2 cm³/mol. The van der Waals surface area contributed by atoms with Crippen LogP contribution in [0.3, 0.4) is 0 Å². The van der Waals surface area contributed by atoms with Crippen LogP contribution in [0, 0.1) is 0 Å². The van der Waals surface area contributed by atoms with Crippen LogP contribution in [0.1, 0.15) is 28.0 Å². The molecule has 1 atom stereocenters. The Bertz CT molecular complexity index is 642. The van der Waals surface area contributed by atoms with Crippen molar-refractivity contribution in [2.75, 3.05) is 0 Å². The zero-order chi connectivity index (χ0) is 15.9. The molecule has 0 saturated carbocycles. The number of thiazole rings is 1. The predicted octanol–water partition coefficient (Wildman–Crippen LogP) is 1.04. The number of nitrogens with two attached hydrogens (primary N) is 1. The fourth-order valence-electron chi connectivity index (χ4n) is 1.78. The summed E-state index contributed by atoms with van der Waals surface area (Å²) in [6.07, 6.45) is 0. The highest BCUT2D eigenvalue weighted by Gasteiger charge is 2.18. The van der Waals surface area contributed by atoms with E-state index in [0.29, 0.717) is 18.1 Å². The summed E-state index contributed by atoms with van der Waals surface area (Å²) in [6.45, 7) is 2.35. The van der Waals surface area contributed by atoms with E-state index in [4.69, 9.17) is 5.73 Å². The number of aromatic nitrogens is 1. The Kier molecular flexibility index (Phi) is 5.62. The zero-order valence-corrected chi connectivity index (χ0v) is 13.0. The highest BCUT2D eigenvalue weighted by atomic mass is 32.1. The normalized spacial score (nSPS) is 11.7. The molecule has 1 unspecified atom stereocenters. The number of carbonyl (C=O) groups is 2. The molecule has 0 aliphatic heterocycles. The highest BCUT2D eigenvalue weighted by Crippen LogP contribution is 2.08. The molecule has 0 saturated heterocycles. The Morgan fingerprint density at radius 3 is 2.68 bits per heavy atom. The van der Waals surface area contributed by atoms with Gasteiger partial charge in [0.2, 0.25) is 5.91 Å². The van der Waals surface area contributed by atoms with Crippen molar-refractivity contribution in [1.82, 2.24) is 15.6 Å². The van der Waals surface area contributed by atoms with Crippen LogP contribution in [0.5, 0.6) is 0 Å². The molecule has 0 aliphatic carbocycles. The Labute approximate surface area is 132 Å². The summed E-state index contributed by atoms with van der Waals surface area (Å²) >= 11 is 1.32. The molecule has 4 N–H and O–H groups in total. The number of benzene rings is 1. The van der Waals surface area contributed by atoms with E-state index in [9.17, 15) is 9.59 Å². The number of nitrogens with one attached hydrogen (secondary N) is 2. The van der Waals surface area contributed by atoms with Gasteiger partial charge in [0, 0.05) is 18.5 Å². The van der Waals surface area contributed by atoms with Gasteiger partial charge in [-0.25, -0.2) is 4.98 Å². The van der Waals surface area contributed by atoms with E-state index in [-0.39, 0.29) is 17.5 Å². The summed E-state index contributed by atoms with van der Waals surface area (Å²) in [7, 11) is 0. The van der Waals surface area contributed by atoms with E-state index in [1.165, 1.54) is 11.3 Å². The molecular weight excluding hydrogens is 300 g/mol. The van der Waals surface area contributed by atoms with Crippen molar-refractivity contribution in [2.45, 2.75) is 26.1 Å². The Balaban J connectivity index is 1.84. The van der Waals surface area contributed by atoms with Gasteiger partial charge >= 0.3 is 0 Å². The van der Waals surface area contributed by atoms with Gasteiger partial charge in [-0.1, -0.05) is 30.3 Å². The van der Waals surface area contributed by atoms with E-state index in [1.807, 2.05) is 30.3 Å². The lowest BCUT2D eigenvalue weighted by atomic mass is 10.2. The monoisotopic (exact) mass is 318 g/mol. The lowest BCUT2D eigenvalue weighted by molar-refractivity contribution is -0.122. The molecule has 1 aromatic carbocycles. The summed E-state index contributed by atoms with van der Waals surface area (Å²) < 4.78 is 0. The van der Waals surface area contributed by atoms with E-state index in [0.717, 1.165) is 5.56 Å². The summed E-state index contributed by atoms with van der Waals surface area (Å²) in [5.41, 5.74) is 6.75. The Hall–Kier alpha value is -2.25. The minimum Gasteiger partial charge on any atom is -0.350 e. The van der Waals surface area contributed by atoms with Crippen LogP contribution in [0.25, 0.3) is 0 Å². The molecule has 2 amide bonds. The van der Waals surface area contributed by atoms with Crippen molar-refractivity contribution >= 4 is 23.2 Å². The largest absolute Gasteiger partial charge is 0.350 e. The van der Waals surface area contributed by atoms with Crippen molar-refractivity contribution in [3.05, 3.63) is 52.0 Å². The second-order valence-electron chi connectivity index (χ2n) is 4.73. The van der Waals surface area contributed by atoms with Crippen molar-refractivity contribution < 1.29 is 9.59 Å². The molecular formula is C15H18N4O2S. The number of rotatable bonds is 6. The molecule has 0 aliphatic rings. The van der Waals surface area contributed by atoms with Gasteiger partial charge in [0.25, 0.3) is 5.91 Å². The third kappa shape index (κ3) is 4.37. The van der Waals surface area contributed by atoms with Gasteiger partial charge in [0.1, 0.15) is 16.7 Å². The first kappa shape index (κ1) is 16.1. The van der Waals surface area contributed by atoms with Gasteiger partial charge in [-0.2, -0.15) is 0 Å². The van der Waals surface area contributed by atoms with Crippen molar-refractivity contribution in [3.8, 4) is 0 Å². The van der Waals surface area contributed by atoms with E-state index >= 15 is 0 Å². The minimum atomic E-state index is -0.640. The minimum absolute atomic E-state index is 0.244. The smallest absolute Gasteiger partial charge is 0.271 e. The lowest BCUT2D eigenvalue weighted by Gasteiger charge is -2.13. The maximum atomic E-state index is 12.0. The Morgan fingerprint density at radius 2 is 2.05 bits per heavy atom. The van der Waals surface area contributed by atoms with Gasteiger partial charge in [0.15, 0.2) is 0 Å². The summed E-state index contributed by atoms with van der Waals surface area (Å²) in [4.78, 5) is 28.0. The maximum absolute atomic E-state index is 12.0.